The fourth-order valence-corrected chi connectivity index (χ4v) is 9.48. The van der Waals surface area contributed by atoms with E-state index < -0.39 is 33.5 Å². The van der Waals surface area contributed by atoms with Crippen LogP contribution in [0.4, 0.5) is 28.4 Å². The minimum Gasteiger partial charge on any atom is -0.493 e. The van der Waals surface area contributed by atoms with Gasteiger partial charge in [-0.15, -0.1) is 0 Å². The lowest BCUT2D eigenvalue weighted by Crippen LogP contribution is -2.49. The van der Waals surface area contributed by atoms with Crippen molar-refractivity contribution in [2.75, 3.05) is 41.7 Å². The maximum Gasteiger partial charge on any atom is 0.288 e. The molecule has 17 heteroatoms. The highest BCUT2D eigenvalue weighted by Crippen LogP contribution is 2.44. The van der Waals surface area contributed by atoms with Gasteiger partial charge in [0.1, 0.15) is 13.2 Å². The van der Waals surface area contributed by atoms with Crippen molar-refractivity contribution in [3.05, 3.63) is 124 Å². The Bertz CT molecular complexity index is 2830. The van der Waals surface area contributed by atoms with E-state index in [4.69, 9.17) is 23.9 Å². The molecule has 4 N–H and O–H groups in total. The SMILES string of the molecule is CN[C@@H](C)C(=O)Nc1cc(COc2cc3c(cc2OC)C(=O)N2c4ccccc4C[C@H]2C=N3)cc(COc2cc3c(cc2OC)C(=O)N2c4ccccc4CC2C(S(=O)(=O)O)N3)c1. The molecule has 0 saturated carbocycles. The Morgan fingerprint density at radius 2 is 1.40 bits per heavy atom. The molecule has 0 radical (unpaired) electrons. The monoisotopic (exact) mass is 872 g/mol. The zero-order valence-corrected chi connectivity index (χ0v) is 35.6. The molecule has 3 amide bonds. The second-order valence-electron chi connectivity index (χ2n) is 15.7. The number of ether oxygens (including phenoxy) is 4. The van der Waals surface area contributed by atoms with E-state index in [1.807, 2.05) is 42.5 Å². The van der Waals surface area contributed by atoms with Crippen molar-refractivity contribution in [2.24, 2.45) is 4.99 Å². The molecule has 4 aliphatic rings. The zero-order chi connectivity index (χ0) is 44.2. The summed E-state index contributed by atoms with van der Waals surface area (Å²) in [7, 11) is -0.112. The Labute approximate surface area is 363 Å². The number of carbonyl (C=O) groups excluding carboxylic acids is 3. The number of hydrogen-bond acceptors (Lipinski definition) is 12. The summed E-state index contributed by atoms with van der Waals surface area (Å²) in [4.78, 5) is 49.0. The maximum absolute atomic E-state index is 14.2. The number of amides is 3. The molecule has 0 aliphatic carbocycles. The molecule has 0 aromatic heterocycles. The summed E-state index contributed by atoms with van der Waals surface area (Å²) in [6.07, 6.45) is 2.65. The van der Waals surface area contributed by atoms with Gasteiger partial charge < -0.3 is 39.8 Å². The van der Waals surface area contributed by atoms with Gasteiger partial charge in [0.2, 0.25) is 5.91 Å². The smallest absolute Gasteiger partial charge is 0.288 e. The third kappa shape index (κ3) is 7.68. The molecule has 0 fully saturated rings. The maximum atomic E-state index is 14.2. The van der Waals surface area contributed by atoms with Gasteiger partial charge >= 0.3 is 0 Å². The molecule has 5 aromatic carbocycles. The second kappa shape index (κ2) is 16.4. The highest BCUT2D eigenvalue weighted by Gasteiger charge is 2.47. The number of benzene rings is 5. The van der Waals surface area contributed by atoms with Crippen LogP contribution in [0.1, 0.15) is 49.9 Å². The Kier molecular flexibility index (Phi) is 10.8. The molecule has 0 saturated heterocycles. The number of nitrogens with zero attached hydrogens (tertiary/aromatic N) is 3. The summed E-state index contributed by atoms with van der Waals surface area (Å²) >= 11 is 0. The molecule has 324 valence electrons. The van der Waals surface area contributed by atoms with E-state index in [9.17, 15) is 27.4 Å². The van der Waals surface area contributed by atoms with E-state index in [0.29, 0.717) is 51.7 Å². The van der Waals surface area contributed by atoms with E-state index >= 15 is 0 Å². The van der Waals surface area contributed by atoms with Crippen LogP contribution < -0.4 is 44.7 Å². The highest BCUT2D eigenvalue weighted by molar-refractivity contribution is 7.86. The third-order valence-corrected chi connectivity index (χ3v) is 12.9. The van der Waals surface area contributed by atoms with Crippen LogP contribution in [0.2, 0.25) is 0 Å². The van der Waals surface area contributed by atoms with E-state index in [1.165, 1.54) is 31.3 Å². The lowest BCUT2D eigenvalue weighted by atomic mass is 10.1. The highest BCUT2D eigenvalue weighted by atomic mass is 32.2. The molecule has 16 nitrogen and oxygen atoms in total. The predicted octanol–water partition coefficient (Wildman–Crippen LogP) is 5.91. The number of methoxy groups -OCH3 is 2. The number of fused-ring (bicyclic) bond motifs is 8. The van der Waals surface area contributed by atoms with Crippen molar-refractivity contribution < 1.29 is 46.3 Å². The minimum absolute atomic E-state index is 0.0131. The van der Waals surface area contributed by atoms with Gasteiger partial charge in [-0.1, -0.05) is 36.4 Å². The first kappa shape index (κ1) is 41.4. The van der Waals surface area contributed by atoms with Crippen LogP contribution in [0.15, 0.2) is 96.0 Å². The van der Waals surface area contributed by atoms with E-state index in [2.05, 4.69) is 16.0 Å². The van der Waals surface area contributed by atoms with Crippen molar-refractivity contribution in [2.45, 2.75) is 56.5 Å². The first-order valence-corrected chi connectivity index (χ1v) is 21.8. The molecule has 0 spiro atoms. The first-order valence-electron chi connectivity index (χ1n) is 20.3. The third-order valence-electron chi connectivity index (χ3n) is 11.8. The van der Waals surface area contributed by atoms with E-state index in [-0.39, 0.29) is 60.2 Å². The van der Waals surface area contributed by atoms with Gasteiger partial charge in [-0.2, -0.15) is 8.42 Å². The number of rotatable bonds is 12. The van der Waals surface area contributed by atoms with Crippen LogP contribution >= 0.6 is 0 Å². The number of nitrogens with one attached hydrogen (secondary N) is 3. The van der Waals surface area contributed by atoms with Crippen molar-refractivity contribution >= 4 is 62.5 Å². The summed E-state index contributed by atoms with van der Waals surface area (Å²) < 4.78 is 60.1. The van der Waals surface area contributed by atoms with Crippen molar-refractivity contribution in [1.82, 2.24) is 5.32 Å². The van der Waals surface area contributed by atoms with Gasteiger partial charge in [-0.3, -0.25) is 28.8 Å². The zero-order valence-electron chi connectivity index (χ0n) is 34.7. The van der Waals surface area contributed by atoms with Gasteiger partial charge in [0, 0.05) is 41.8 Å². The van der Waals surface area contributed by atoms with E-state index in [0.717, 1.165) is 16.8 Å². The van der Waals surface area contributed by atoms with Crippen LogP contribution in [-0.2, 0) is 41.0 Å². The molecule has 0 bridgehead atoms. The largest absolute Gasteiger partial charge is 0.493 e. The Hall–Kier alpha value is -6.95. The van der Waals surface area contributed by atoms with Gasteiger partial charge in [-0.05, 0) is 85.1 Å². The van der Waals surface area contributed by atoms with Gasteiger partial charge in [0.25, 0.3) is 21.9 Å². The Balaban J connectivity index is 0.998. The number of likely N-dealkylation sites (N-methyl/N-ethyl adjacent to an activating group) is 1. The average Bonchev–Trinajstić information content (AvgIpc) is 3.78. The Morgan fingerprint density at radius 1 is 0.810 bits per heavy atom. The summed E-state index contributed by atoms with van der Waals surface area (Å²) in [6.45, 7) is 1.68. The first-order chi connectivity index (χ1) is 30.3. The molecule has 9 rings (SSSR count). The molecule has 2 unspecified atom stereocenters. The number of carbonyl (C=O) groups is 3. The summed E-state index contributed by atoms with van der Waals surface area (Å²) in [6, 6.07) is 24.9. The summed E-state index contributed by atoms with van der Waals surface area (Å²) in [5, 5.41) is 7.24. The van der Waals surface area contributed by atoms with E-state index in [1.54, 1.807) is 61.5 Å². The standard InChI is InChI=1S/C46H44N6O10S/c1-25(47-2)43(53)49-30-14-26(23-61-41-20-34-32(18-39(41)59-3)45(54)51-31(22-48-34)16-28-9-5-7-11-36(28)51)13-27(15-30)24-62-42-21-35-33(19-40(42)60-4)46(55)52-37-12-8-6-10-29(37)17-38(52)44(50-35)63(56,57)58/h5-15,18-22,25,31,38,44,47,50H,16-17,23-24H2,1-4H3,(H,49,53)(H,56,57,58)/t25-,31-,38?,44?/m0/s1. The quantitative estimate of drug-likeness (QED) is 0.108. The minimum atomic E-state index is -4.71. The van der Waals surface area contributed by atoms with Crippen molar-refractivity contribution in [3.63, 3.8) is 0 Å². The van der Waals surface area contributed by atoms with Gasteiger partial charge in [0.05, 0.1) is 54.8 Å². The van der Waals surface area contributed by atoms with Crippen LogP contribution in [-0.4, -0.2) is 81.7 Å². The van der Waals surface area contributed by atoms with Crippen molar-refractivity contribution in [1.29, 1.82) is 0 Å². The molecule has 63 heavy (non-hydrogen) atoms. The van der Waals surface area contributed by atoms with Crippen molar-refractivity contribution in [3.8, 4) is 23.0 Å². The molecular formula is C46H44N6O10S. The summed E-state index contributed by atoms with van der Waals surface area (Å²) in [5.41, 5.74) is 6.07. The normalized spacial score (nSPS) is 18.7. The van der Waals surface area contributed by atoms with Gasteiger partial charge in [-0.25, -0.2) is 0 Å². The second-order valence-corrected chi connectivity index (χ2v) is 17.2. The predicted molar refractivity (Wildman–Crippen MR) is 237 cm³/mol. The molecule has 4 atom stereocenters. The Morgan fingerprint density at radius 3 is 2.03 bits per heavy atom. The van der Waals surface area contributed by atoms with Crippen LogP contribution in [0.25, 0.3) is 0 Å². The fraction of sp³-hybridized carbons (Fsp3) is 0.261. The number of aliphatic imine (C=N–C) groups is 1. The molecule has 4 aliphatic heterocycles. The molecule has 4 heterocycles. The molecule has 5 aromatic rings. The fourth-order valence-electron chi connectivity index (χ4n) is 8.59. The topological polar surface area (TPSA) is 197 Å². The summed E-state index contributed by atoms with van der Waals surface area (Å²) in [5.74, 6) is 0.131. The van der Waals surface area contributed by atoms with Gasteiger partial charge in [0.15, 0.2) is 28.4 Å². The van der Waals surface area contributed by atoms with Crippen LogP contribution in [0, 0.1) is 0 Å². The van der Waals surface area contributed by atoms with Crippen LogP contribution in [0.5, 0.6) is 23.0 Å². The number of anilines is 4. The molecular weight excluding hydrogens is 829 g/mol. The van der Waals surface area contributed by atoms with Crippen LogP contribution in [0.3, 0.4) is 0 Å². The lowest BCUT2D eigenvalue weighted by Gasteiger charge is -2.27. The lowest BCUT2D eigenvalue weighted by molar-refractivity contribution is -0.117. The number of hydrogen-bond donors (Lipinski definition) is 4. The average molecular weight is 873 g/mol. The number of para-hydroxylation sites is 2.